The number of Topliss-reactive ketones (excluding diaryl/α,β-unsaturated/α-hetero) is 1. The molecule has 4 N–H and O–H groups in total. The predicted molar refractivity (Wildman–Crippen MR) is 201 cm³/mol. The molecule has 14 heteroatoms. The summed E-state index contributed by atoms with van der Waals surface area (Å²) in [7, 11) is 3.14. The Morgan fingerprint density at radius 1 is 0.944 bits per heavy atom. The Hall–Kier alpha value is -4.49. The van der Waals surface area contributed by atoms with Crippen molar-refractivity contribution in [1.82, 2.24) is 31.1 Å². The Kier molecular flexibility index (Phi) is 14.3. The number of carbonyl (C=O) groups is 7. The normalized spacial score (nSPS) is 23.1. The minimum absolute atomic E-state index is 0.106. The molecule has 1 heterocycles. The maximum absolute atomic E-state index is 14.4. The zero-order valence-corrected chi connectivity index (χ0v) is 33.1. The number of nitrogens with one attached hydrogen (secondary N) is 4. The summed E-state index contributed by atoms with van der Waals surface area (Å²) < 4.78 is 5.35. The van der Waals surface area contributed by atoms with Crippen LogP contribution in [0.4, 0.5) is 4.79 Å². The van der Waals surface area contributed by atoms with Gasteiger partial charge in [0.1, 0.15) is 18.1 Å². The lowest BCUT2D eigenvalue weighted by atomic mass is 9.78. The molecule has 2 aliphatic carbocycles. The Labute approximate surface area is 319 Å². The van der Waals surface area contributed by atoms with E-state index in [4.69, 9.17) is 4.74 Å². The second-order valence-electron chi connectivity index (χ2n) is 16.8. The maximum Gasteiger partial charge on any atom is 0.407 e. The first kappa shape index (κ1) is 42.3. The highest BCUT2D eigenvalue weighted by molar-refractivity contribution is 6.38. The number of unbranched alkanes of at least 4 members (excludes halogenated alkanes) is 1. The average molecular weight is 753 g/mol. The fourth-order valence-electron chi connectivity index (χ4n) is 8.27. The number of ether oxygens (including phenoxy) is 1. The van der Waals surface area contributed by atoms with Crippen LogP contribution < -0.4 is 21.3 Å². The van der Waals surface area contributed by atoms with Crippen LogP contribution in [0.2, 0.25) is 0 Å². The van der Waals surface area contributed by atoms with E-state index < -0.39 is 65.7 Å². The van der Waals surface area contributed by atoms with E-state index in [-0.39, 0.29) is 48.5 Å². The molecule has 3 fully saturated rings. The van der Waals surface area contributed by atoms with Crippen LogP contribution in [-0.4, -0.2) is 103 Å². The number of ketones is 1. The second-order valence-corrected chi connectivity index (χ2v) is 16.8. The van der Waals surface area contributed by atoms with Crippen LogP contribution in [0.15, 0.2) is 30.3 Å². The van der Waals surface area contributed by atoms with Crippen molar-refractivity contribution in [3.63, 3.8) is 0 Å². The van der Waals surface area contributed by atoms with Crippen molar-refractivity contribution < 1.29 is 38.3 Å². The smallest absolute Gasteiger partial charge is 0.407 e. The van der Waals surface area contributed by atoms with Crippen LogP contribution in [0, 0.1) is 35.0 Å². The van der Waals surface area contributed by atoms with E-state index >= 15 is 0 Å². The number of likely N-dealkylation sites (tertiary alicyclic amines) is 1. The second kappa shape index (κ2) is 18.2. The quantitative estimate of drug-likeness (QED) is 0.186. The molecule has 8 atom stereocenters. The Balaban J connectivity index is 1.49. The molecule has 0 aromatic heterocycles. The summed E-state index contributed by atoms with van der Waals surface area (Å²) in [6.07, 6.45) is 3.68. The lowest BCUT2D eigenvalue weighted by Gasteiger charge is -2.37. The van der Waals surface area contributed by atoms with Crippen LogP contribution in [0.1, 0.15) is 91.7 Å². The third kappa shape index (κ3) is 10.2. The highest BCUT2D eigenvalue weighted by Gasteiger charge is 2.60. The number of fused-ring (bicyclic) bond motifs is 5. The predicted octanol–water partition coefficient (Wildman–Crippen LogP) is 2.96. The van der Waals surface area contributed by atoms with E-state index in [0.717, 1.165) is 19.3 Å². The van der Waals surface area contributed by atoms with Crippen molar-refractivity contribution in [1.29, 1.82) is 0 Å². The topological polar surface area (TPSA) is 183 Å². The summed E-state index contributed by atoms with van der Waals surface area (Å²) in [4.78, 5) is 97.2. The van der Waals surface area contributed by atoms with Crippen molar-refractivity contribution in [2.24, 2.45) is 35.0 Å². The van der Waals surface area contributed by atoms with E-state index in [1.807, 2.05) is 41.5 Å². The van der Waals surface area contributed by atoms with Gasteiger partial charge in [-0.15, -0.1) is 0 Å². The van der Waals surface area contributed by atoms with Crippen molar-refractivity contribution in [3.05, 3.63) is 35.9 Å². The minimum Gasteiger partial charge on any atom is -0.449 e. The molecule has 54 heavy (non-hydrogen) atoms. The molecule has 0 spiro atoms. The fourth-order valence-corrected chi connectivity index (χ4v) is 8.27. The summed E-state index contributed by atoms with van der Waals surface area (Å²) in [6.45, 7) is 11.3. The highest BCUT2D eigenvalue weighted by atomic mass is 16.5. The molecule has 1 aliphatic heterocycles. The molecule has 1 unspecified atom stereocenters. The van der Waals surface area contributed by atoms with Gasteiger partial charge in [-0.2, -0.15) is 0 Å². The van der Waals surface area contributed by atoms with Crippen LogP contribution in [0.5, 0.6) is 0 Å². The van der Waals surface area contributed by atoms with Crippen molar-refractivity contribution in [3.8, 4) is 0 Å². The molecule has 1 aromatic rings. The number of amides is 6. The number of nitrogens with zero attached hydrogens (tertiary/aromatic N) is 2. The molecule has 4 rings (SSSR count). The van der Waals surface area contributed by atoms with Gasteiger partial charge >= 0.3 is 6.09 Å². The molecule has 6 amide bonds. The summed E-state index contributed by atoms with van der Waals surface area (Å²) in [5, 5.41) is 10.6. The lowest BCUT2D eigenvalue weighted by molar-refractivity contribution is -0.145. The van der Waals surface area contributed by atoms with Gasteiger partial charge in [0, 0.05) is 20.6 Å². The molecule has 298 valence electrons. The Morgan fingerprint density at radius 2 is 1.61 bits per heavy atom. The van der Waals surface area contributed by atoms with Crippen molar-refractivity contribution in [2.45, 2.75) is 104 Å². The lowest BCUT2D eigenvalue weighted by Crippen LogP contribution is -2.60. The summed E-state index contributed by atoms with van der Waals surface area (Å²) in [5.74, 6) is -3.15. The van der Waals surface area contributed by atoms with E-state index in [0.29, 0.717) is 30.9 Å². The van der Waals surface area contributed by atoms with Crippen LogP contribution in [0.25, 0.3) is 0 Å². The van der Waals surface area contributed by atoms with Crippen LogP contribution in [0.3, 0.4) is 0 Å². The number of benzene rings is 1. The number of rotatable bonds is 16. The van der Waals surface area contributed by atoms with Gasteiger partial charge < -0.3 is 35.8 Å². The average Bonchev–Trinajstić information content (AvgIpc) is 3.85. The van der Waals surface area contributed by atoms with E-state index in [1.165, 1.54) is 4.90 Å². The first-order valence-electron chi connectivity index (χ1n) is 19.4. The van der Waals surface area contributed by atoms with Gasteiger partial charge in [0.2, 0.25) is 29.4 Å². The number of likely N-dealkylation sites (N-methyl/N-ethyl adjacent to an activating group) is 1. The van der Waals surface area contributed by atoms with Crippen LogP contribution in [-0.2, 0) is 33.5 Å². The molecule has 14 nitrogen and oxygen atoms in total. The summed E-state index contributed by atoms with van der Waals surface area (Å²) >= 11 is 0. The van der Waals surface area contributed by atoms with Crippen molar-refractivity contribution in [2.75, 3.05) is 33.8 Å². The molecule has 1 aromatic carbocycles. The van der Waals surface area contributed by atoms with Gasteiger partial charge in [0.05, 0.1) is 19.2 Å². The molecule has 2 saturated carbocycles. The SMILES string of the molecule is CCCC[C@@H](NC(=O)[C@@H]1[C@H]2[C@@H]3CC[C@H](C3)[C@H]2CN1C(=O)[C@@H](NC(=O)OCC(C)C)C(C)(C)C)C(=O)C(=O)NCC(=O)NC(C(=O)N(C)C)c1ccccc1. The van der Waals surface area contributed by atoms with Gasteiger partial charge in [-0.05, 0) is 66.3 Å². The number of carbonyl (C=O) groups excluding carboxylic acids is 7. The molecule has 3 aliphatic rings. The summed E-state index contributed by atoms with van der Waals surface area (Å²) in [5.41, 5.74) is -0.154. The Morgan fingerprint density at radius 3 is 2.22 bits per heavy atom. The molecule has 2 bridgehead atoms. The zero-order chi connectivity index (χ0) is 39.9. The van der Waals surface area contributed by atoms with Gasteiger partial charge in [0.25, 0.3) is 5.91 Å². The van der Waals surface area contributed by atoms with Gasteiger partial charge in [0.15, 0.2) is 0 Å². The van der Waals surface area contributed by atoms with Gasteiger partial charge in [-0.25, -0.2) is 4.79 Å². The summed E-state index contributed by atoms with van der Waals surface area (Å²) in [6, 6.07) is 4.63. The van der Waals surface area contributed by atoms with Gasteiger partial charge in [-0.3, -0.25) is 28.8 Å². The third-order valence-corrected chi connectivity index (χ3v) is 11.0. The molecule has 1 saturated heterocycles. The van der Waals surface area contributed by atoms with Gasteiger partial charge in [-0.1, -0.05) is 84.7 Å². The van der Waals surface area contributed by atoms with E-state index in [9.17, 15) is 33.6 Å². The third-order valence-electron chi connectivity index (χ3n) is 11.0. The highest BCUT2D eigenvalue weighted by Crippen LogP contribution is 2.57. The monoisotopic (exact) mass is 752 g/mol. The largest absolute Gasteiger partial charge is 0.449 e. The van der Waals surface area contributed by atoms with E-state index in [1.54, 1.807) is 49.3 Å². The van der Waals surface area contributed by atoms with E-state index in [2.05, 4.69) is 21.3 Å². The standard InChI is InChI=1S/C40H60N6O8/c1-9-10-16-28(33(48)36(50)41-20-29(47)43-31(37(51)45(7)8)24-14-12-11-13-15-24)42-35(49)32-30-26-18-17-25(19-26)27(30)21-46(32)38(52)34(40(4,5)6)44-39(53)54-22-23(2)3/h11-15,23,25-28,30-32,34H,9-10,16-22H2,1-8H3,(H,41,50)(H,42,49)(H,43,47)(H,44,53)/t25-,26-,27-,28-,30+,31?,32+,34-/m1/s1. The van der Waals surface area contributed by atoms with Crippen molar-refractivity contribution >= 4 is 41.4 Å². The zero-order valence-electron chi connectivity index (χ0n) is 33.1. The maximum atomic E-state index is 14.4. The Bertz CT molecular complexity index is 1540. The molecular weight excluding hydrogens is 692 g/mol. The fraction of sp³-hybridized carbons (Fsp3) is 0.675. The first-order valence-corrected chi connectivity index (χ1v) is 19.4. The number of alkyl carbamates (subject to hydrolysis) is 1. The first-order chi connectivity index (χ1) is 25.4. The minimum atomic E-state index is -1.19. The van der Waals surface area contributed by atoms with Crippen LogP contribution >= 0.6 is 0 Å². The number of hydrogen-bond acceptors (Lipinski definition) is 8. The molecule has 0 radical (unpaired) electrons. The molecular formula is C40H60N6O8. The number of hydrogen-bond donors (Lipinski definition) is 4.